The molecule has 3 N–H and O–H groups in total. The number of benzene rings is 1. The van der Waals surface area contributed by atoms with Crippen LogP contribution < -0.4 is 9.44 Å². The molecule has 1 atom stereocenters. The molecule has 19 heavy (non-hydrogen) atoms. The molecule has 0 radical (unpaired) electrons. The number of rotatable bonds is 8. The fourth-order valence-electron chi connectivity index (χ4n) is 1.43. The molecule has 6 nitrogen and oxygen atoms in total. The van der Waals surface area contributed by atoms with Gasteiger partial charge in [0.15, 0.2) is 0 Å². The van der Waals surface area contributed by atoms with Crippen LogP contribution in [-0.2, 0) is 21.4 Å². The van der Waals surface area contributed by atoms with Crippen molar-refractivity contribution >= 4 is 27.8 Å². The third-order valence-electron chi connectivity index (χ3n) is 2.26. The van der Waals surface area contributed by atoms with E-state index in [1.165, 1.54) is 0 Å². The lowest BCUT2D eigenvalue weighted by Gasteiger charge is -2.15. The van der Waals surface area contributed by atoms with Gasteiger partial charge in [-0.05, 0) is 12.0 Å². The number of carbonyl (C=O) groups is 1. The van der Waals surface area contributed by atoms with Crippen molar-refractivity contribution in [1.29, 1.82) is 0 Å². The van der Waals surface area contributed by atoms with E-state index in [0.717, 1.165) is 5.56 Å². The summed E-state index contributed by atoms with van der Waals surface area (Å²) in [5, 5.41) is 9.04. The van der Waals surface area contributed by atoms with Crippen LogP contribution in [0.2, 0.25) is 0 Å². The third kappa shape index (κ3) is 6.02. The highest BCUT2D eigenvalue weighted by atomic mass is 35.5. The molecule has 0 unspecified atom stereocenters. The molecular weight excluding hydrogens is 292 g/mol. The maximum atomic E-state index is 11.6. The molecule has 0 spiro atoms. The lowest BCUT2D eigenvalue weighted by molar-refractivity contribution is -0.138. The number of nitrogens with one attached hydrogen (secondary N) is 2. The minimum Gasteiger partial charge on any atom is -0.480 e. The molecule has 0 heterocycles. The van der Waals surface area contributed by atoms with Gasteiger partial charge in [-0.25, -0.2) is 4.72 Å². The summed E-state index contributed by atoms with van der Waals surface area (Å²) in [6.45, 7) is 0.0363. The summed E-state index contributed by atoms with van der Waals surface area (Å²) in [5.41, 5.74) is 0.731. The monoisotopic (exact) mass is 306 g/mol. The van der Waals surface area contributed by atoms with Gasteiger partial charge in [0, 0.05) is 12.4 Å². The van der Waals surface area contributed by atoms with Crippen molar-refractivity contribution < 1.29 is 18.3 Å². The first kappa shape index (κ1) is 15.9. The highest BCUT2D eigenvalue weighted by Gasteiger charge is 2.23. The minimum atomic E-state index is -3.87. The number of alkyl halides is 1. The number of halogens is 1. The minimum absolute atomic E-state index is 0.0363. The molecule has 1 aromatic carbocycles. The average molecular weight is 307 g/mol. The lowest BCUT2D eigenvalue weighted by atomic mass is 10.1. The predicted molar refractivity (Wildman–Crippen MR) is 72.3 cm³/mol. The number of carboxylic acid groups (broad SMARTS) is 1. The number of hydrogen-bond acceptors (Lipinski definition) is 3. The van der Waals surface area contributed by atoms with Gasteiger partial charge < -0.3 is 5.11 Å². The van der Waals surface area contributed by atoms with E-state index in [2.05, 4.69) is 9.44 Å². The Labute approximate surface area is 117 Å². The van der Waals surface area contributed by atoms with Crippen LogP contribution in [0.25, 0.3) is 0 Å². The van der Waals surface area contributed by atoms with E-state index in [0.29, 0.717) is 0 Å². The van der Waals surface area contributed by atoms with Crippen molar-refractivity contribution in [2.45, 2.75) is 12.5 Å². The summed E-state index contributed by atoms with van der Waals surface area (Å²) < 4.78 is 27.3. The molecule has 0 bridgehead atoms. The van der Waals surface area contributed by atoms with E-state index >= 15 is 0 Å². The smallest absolute Gasteiger partial charge is 0.322 e. The van der Waals surface area contributed by atoms with Gasteiger partial charge in [-0.1, -0.05) is 30.3 Å². The van der Waals surface area contributed by atoms with Crippen LogP contribution in [0.5, 0.6) is 0 Å². The summed E-state index contributed by atoms with van der Waals surface area (Å²) in [6, 6.07) is 7.55. The highest BCUT2D eigenvalue weighted by molar-refractivity contribution is 7.87. The highest BCUT2D eigenvalue weighted by Crippen LogP contribution is 2.04. The van der Waals surface area contributed by atoms with Crippen LogP contribution in [0.3, 0.4) is 0 Å². The van der Waals surface area contributed by atoms with E-state index in [4.69, 9.17) is 16.7 Å². The SMILES string of the molecule is O=C(O)[C@H](Cc1ccccc1)NS(=O)(=O)NCCCl. The number of hydrogen-bond donors (Lipinski definition) is 3. The van der Waals surface area contributed by atoms with Crippen LogP contribution in [0.4, 0.5) is 0 Å². The second kappa shape index (κ2) is 7.44. The second-order valence-electron chi connectivity index (χ2n) is 3.79. The molecule has 0 saturated carbocycles. The Balaban J connectivity index is 2.71. The van der Waals surface area contributed by atoms with Crippen LogP contribution in [-0.4, -0.2) is 38.0 Å². The molecule has 0 aromatic heterocycles. The van der Waals surface area contributed by atoms with Crippen molar-refractivity contribution in [1.82, 2.24) is 9.44 Å². The molecule has 0 amide bonds. The number of carboxylic acids is 1. The van der Waals surface area contributed by atoms with Gasteiger partial charge in [-0.3, -0.25) is 4.79 Å². The summed E-state index contributed by atoms with van der Waals surface area (Å²) >= 11 is 5.37. The first-order valence-corrected chi connectivity index (χ1v) is 7.56. The van der Waals surface area contributed by atoms with Gasteiger partial charge in [-0.15, -0.1) is 11.6 Å². The standard InChI is InChI=1S/C11H15ClN2O4S/c12-6-7-13-19(17,18)14-10(11(15)16)8-9-4-2-1-3-5-9/h1-5,10,13-14H,6-8H2,(H,15,16)/t10-/m0/s1. The molecule has 106 valence electrons. The largest absolute Gasteiger partial charge is 0.480 e. The van der Waals surface area contributed by atoms with E-state index in [1.807, 2.05) is 0 Å². The van der Waals surface area contributed by atoms with Gasteiger partial charge in [0.1, 0.15) is 6.04 Å². The zero-order chi connectivity index (χ0) is 14.3. The maximum absolute atomic E-state index is 11.6. The Morgan fingerprint density at radius 1 is 1.32 bits per heavy atom. The van der Waals surface area contributed by atoms with Crippen LogP contribution in [0, 0.1) is 0 Å². The molecule has 0 fully saturated rings. The van der Waals surface area contributed by atoms with Gasteiger partial charge in [0.05, 0.1) is 0 Å². The summed E-state index contributed by atoms with van der Waals surface area (Å²) in [7, 11) is -3.87. The van der Waals surface area contributed by atoms with Crippen LogP contribution >= 0.6 is 11.6 Å². The van der Waals surface area contributed by atoms with E-state index in [1.54, 1.807) is 30.3 Å². The maximum Gasteiger partial charge on any atom is 0.322 e. The predicted octanol–water partition coefficient (Wildman–Crippen LogP) is 0.345. The molecule has 0 aliphatic rings. The van der Waals surface area contributed by atoms with Crippen molar-refractivity contribution in [3.63, 3.8) is 0 Å². The van der Waals surface area contributed by atoms with Crippen LogP contribution in [0.15, 0.2) is 30.3 Å². The van der Waals surface area contributed by atoms with E-state index in [-0.39, 0.29) is 18.8 Å². The normalized spacial score (nSPS) is 13.1. The quantitative estimate of drug-likeness (QED) is 0.604. The van der Waals surface area contributed by atoms with Crippen molar-refractivity contribution in [3.8, 4) is 0 Å². The lowest BCUT2D eigenvalue weighted by Crippen LogP contribution is -2.47. The zero-order valence-corrected chi connectivity index (χ0v) is 11.6. The van der Waals surface area contributed by atoms with Gasteiger partial charge >= 0.3 is 5.97 Å². The fourth-order valence-corrected chi connectivity index (χ4v) is 2.65. The van der Waals surface area contributed by atoms with Gasteiger partial charge in [0.25, 0.3) is 10.2 Å². The third-order valence-corrected chi connectivity index (χ3v) is 3.63. The molecule has 1 aromatic rings. The van der Waals surface area contributed by atoms with Crippen molar-refractivity contribution in [2.24, 2.45) is 0 Å². The topological polar surface area (TPSA) is 95.5 Å². The van der Waals surface area contributed by atoms with Crippen molar-refractivity contribution in [3.05, 3.63) is 35.9 Å². The molecule has 0 aliphatic heterocycles. The fraction of sp³-hybridized carbons (Fsp3) is 0.364. The second-order valence-corrected chi connectivity index (χ2v) is 5.69. The Kier molecular flexibility index (Phi) is 6.23. The first-order valence-electron chi connectivity index (χ1n) is 5.54. The summed E-state index contributed by atoms with van der Waals surface area (Å²) in [5.74, 6) is -1.13. The Hall–Kier alpha value is -1.15. The zero-order valence-electron chi connectivity index (χ0n) is 10.0. The average Bonchev–Trinajstić information content (AvgIpc) is 2.36. The Morgan fingerprint density at radius 2 is 1.95 bits per heavy atom. The summed E-state index contributed by atoms with van der Waals surface area (Å²) in [6.07, 6.45) is 0.0674. The number of aliphatic carboxylic acids is 1. The molecule has 0 saturated heterocycles. The van der Waals surface area contributed by atoms with Gasteiger partial charge in [0.2, 0.25) is 0 Å². The van der Waals surface area contributed by atoms with Gasteiger partial charge in [-0.2, -0.15) is 13.1 Å². The van der Waals surface area contributed by atoms with E-state index in [9.17, 15) is 13.2 Å². The Morgan fingerprint density at radius 3 is 2.47 bits per heavy atom. The van der Waals surface area contributed by atoms with Crippen molar-refractivity contribution in [2.75, 3.05) is 12.4 Å². The molecular formula is C11H15ClN2O4S. The molecule has 1 rings (SSSR count). The molecule has 0 aliphatic carbocycles. The Bertz CT molecular complexity index is 507. The summed E-state index contributed by atoms with van der Waals surface area (Å²) in [4.78, 5) is 11.1. The van der Waals surface area contributed by atoms with E-state index < -0.39 is 22.2 Å². The van der Waals surface area contributed by atoms with Crippen LogP contribution in [0.1, 0.15) is 5.56 Å². The first-order chi connectivity index (χ1) is 8.94. The molecule has 8 heteroatoms.